The Balaban J connectivity index is 1.91. The van der Waals surface area contributed by atoms with Crippen molar-refractivity contribution in [3.05, 3.63) is 70.8 Å². The zero-order valence-electron chi connectivity index (χ0n) is 12.9. The van der Waals surface area contributed by atoms with Crippen molar-refractivity contribution in [1.29, 1.82) is 0 Å². The Morgan fingerprint density at radius 3 is 2.46 bits per heavy atom. The summed E-state index contributed by atoms with van der Waals surface area (Å²) in [4.78, 5) is 16.0. The summed E-state index contributed by atoms with van der Waals surface area (Å²) in [5.74, 6) is -1.01. The molecule has 2 heterocycles. The average molecular weight is 385 g/mol. The van der Waals surface area contributed by atoms with Gasteiger partial charge in [0.2, 0.25) is 5.88 Å². The van der Waals surface area contributed by atoms with Gasteiger partial charge >= 0.3 is 11.2 Å². The molecule has 5 nitrogen and oxygen atoms in total. The second-order valence-electron chi connectivity index (χ2n) is 5.24. The highest BCUT2D eigenvalue weighted by molar-refractivity contribution is 8.00. The van der Waals surface area contributed by atoms with Gasteiger partial charge in [0.1, 0.15) is 5.82 Å². The highest BCUT2D eigenvalue weighted by atomic mass is 32.2. The van der Waals surface area contributed by atoms with Crippen molar-refractivity contribution in [3.8, 4) is 11.6 Å². The maximum absolute atomic E-state index is 13.7. The third-order valence-electron chi connectivity index (χ3n) is 3.46. The van der Waals surface area contributed by atoms with Crippen molar-refractivity contribution in [3.63, 3.8) is 0 Å². The van der Waals surface area contributed by atoms with Gasteiger partial charge in [-0.15, -0.1) is 0 Å². The molecule has 0 fully saturated rings. The lowest BCUT2D eigenvalue weighted by Gasteiger charge is -2.07. The van der Waals surface area contributed by atoms with Gasteiger partial charge in [-0.1, -0.05) is 0 Å². The lowest BCUT2D eigenvalue weighted by molar-refractivity contribution is -0.0328. The number of alkyl halides is 3. The molecule has 0 unspecified atom stereocenters. The molecule has 0 radical (unpaired) electrons. The summed E-state index contributed by atoms with van der Waals surface area (Å²) in [5.41, 5.74) is -4.68. The van der Waals surface area contributed by atoms with Crippen LogP contribution in [0.1, 0.15) is 5.56 Å². The van der Waals surface area contributed by atoms with E-state index in [9.17, 15) is 27.5 Å². The molecule has 0 saturated carbocycles. The van der Waals surface area contributed by atoms with E-state index in [2.05, 4.69) is 4.98 Å². The van der Waals surface area contributed by atoms with Gasteiger partial charge in [0.25, 0.3) is 0 Å². The van der Waals surface area contributed by atoms with Crippen molar-refractivity contribution in [2.24, 2.45) is 0 Å². The van der Waals surface area contributed by atoms with Crippen LogP contribution >= 0.6 is 11.8 Å². The fraction of sp³-hybridized carbons (Fsp3) is 0.125. The molecule has 0 atom stereocenters. The van der Waals surface area contributed by atoms with E-state index >= 15 is 0 Å². The number of rotatable bonds is 4. The van der Waals surface area contributed by atoms with E-state index in [1.807, 2.05) is 0 Å². The highest BCUT2D eigenvalue weighted by Crippen LogP contribution is 2.37. The van der Waals surface area contributed by atoms with Crippen molar-refractivity contribution in [2.45, 2.75) is 16.9 Å². The summed E-state index contributed by atoms with van der Waals surface area (Å²) in [5, 5.41) is 10.0. The SMILES string of the molecule is O=c1n(Cc2ccncc2F)cc(O)n1-c1ccc(SC(F)(F)F)cc1. The van der Waals surface area contributed by atoms with Crippen LogP contribution in [0.15, 0.2) is 58.6 Å². The highest BCUT2D eigenvalue weighted by Gasteiger charge is 2.29. The number of halogens is 4. The van der Waals surface area contributed by atoms with Gasteiger partial charge in [-0.05, 0) is 42.1 Å². The first kappa shape index (κ1) is 18.1. The standard InChI is InChI=1S/C16H11F4N3O2S/c17-13-7-21-6-5-10(13)8-22-9-14(24)23(15(22)25)11-1-3-12(4-2-11)26-16(18,19)20/h1-7,9,24H,8H2. The Morgan fingerprint density at radius 1 is 1.15 bits per heavy atom. The first-order valence-electron chi connectivity index (χ1n) is 7.20. The fourth-order valence-electron chi connectivity index (χ4n) is 2.35. The Kier molecular flexibility index (Phi) is 4.77. The average Bonchev–Trinajstić information content (AvgIpc) is 2.83. The lowest BCUT2D eigenvalue weighted by atomic mass is 10.2. The molecular formula is C16H11F4N3O2S. The number of imidazole rings is 1. The molecule has 26 heavy (non-hydrogen) atoms. The van der Waals surface area contributed by atoms with E-state index < -0.39 is 22.9 Å². The van der Waals surface area contributed by atoms with Crippen LogP contribution in [0, 0.1) is 5.82 Å². The van der Waals surface area contributed by atoms with Crippen LogP contribution in [0.4, 0.5) is 17.6 Å². The minimum atomic E-state index is -4.42. The largest absolute Gasteiger partial charge is 0.493 e. The molecular weight excluding hydrogens is 374 g/mol. The van der Waals surface area contributed by atoms with Crippen molar-refractivity contribution in [2.75, 3.05) is 0 Å². The molecule has 1 N–H and O–H groups in total. The molecule has 2 aromatic heterocycles. The Hall–Kier alpha value is -2.75. The zero-order valence-corrected chi connectivity index (χ0v) is 13.8. The van der Waals surface area contributed by atoms with Gasteiger partial charge in [-0.2, -0.15) is 13.2 Å². The summed E-state index contributed by atoms with van der Waals surface area (Å²) < 4.78 is 52.8. The van der Waals surface area contributed by atoms with Gasteiger partial charge in [0, 0.05) is 16.7 Å². The smallest absolute Gasteiger partial charge is 0.446 e. The number of thioether (sulfide) groups is 1. The van der Waals surface area contributed by atoms with Gasteiger partial charge in [-0.25, -0.2) is 13.8 Å². The van der Waals surface area contributed by atoms with Crippen LogP contribution in [-0.2, 0) is 6.54 Å². The van der Waals surface area contributed by atoms with Crippen LogP contribution in [0.2, 0.25) is 0 Å². The van der Waals surface area contributed by atoms with E-state index in [4.69, 9.17) is 0 Å². The number of hydrogen-bond donors (Lipinski definition) is 1. The second kappa shape index (κ2) is 6.87. The summed E-state index contributed by atoms with van der Waals surface area (Å²) >= 11 is -0.281. The predicted octanol–water partition coefficient (Wildman–Crippen LogP) is 3.54. The van der Waals surface area contributed by atoms with Gasteiger partial charge < -0.3 is 5.11 Å². The first-order valence-corrected chi connectivity index (χ1v) is 8.02. The minimum Gasteiger partial charge on any atom is -0.493 e. The maximum Gasteiger partial charge on any atom is 0.446 e. The Labute approximate surface area is 148 Å². The first-order chi connectivity index (χ1) is 12.2. The molecule has 1 aromatic carbocycles. The summed E-state index contributed by atoms with van der Waals surface area (Å²) in [6, 6.07) is 6.36. The Morgan fingerprint density at radius 2 is 1.85 bits per heavy atom. The second-order valence-corrected chi connectivity index (χ2v) is 6.38. The van der Waals surface area contributed by atoms with Crippen LogP contribution < -0.4 is 5.69 Å². The van der Waals surface area contributed by atoms with E-state index in [1.165, 1.54) is 36.5 Å². The minimum absolute atomic E-state index is 0.0490. The molecule has 10 heteroatoms. The number of pyridine rings is 1. The monoisotopic (exact) mass is 385 g/mol. The summed E-state index contributed by atoms with van der Waals surface area (Å²) in [7, 11) is 0. The number of hydrogen-bond acceptors (Lipinski definition) is 4. The molecule has 3 rings (SSSR count). The van der Waals surface area contributed by atoms with Crippen LogP contribution in [-0.4, -0.2) is 24.7 Å². The van der Waals surface area contributed by atoms with Gasteiger partial charge in [0.15, 0.2) is 0 Å². The van der Waals surface area contributed by atoms with Crippen molar-refractivity contribution >= 4 is 11.8 Å². The third kappa shape index (κ3) is 3.90. The number of aromatic nitrogens is 3. The molecule has 3 aromatic rings. The predicted molar refractivity (Wildman–Crippen MR) is 86.9 cm³/mol. The van der Waals surface area contributed by atoms with E-state index in [0.717, 1.165) is 21.5 Å². The molecule has 0 spiro atoms. The fourth-order valence-corrected chi connectivity index (χ4v) is 2.89. The molecule has 0 aliphatic rings. The summed E-state index contributed by atoms with van der Waals surface area (Å²) in [6.45, 7) is -0.129. The molecule has 0 aliphatic heterocycles. The zero-order chi connectivity index (χ0) is 18.9. The maximum atomic E-state index is 13.7. The molecule has 0 saturated heterocycles. The molecule has 0 amide bonds. The number of nitrogens with zero attached hydrogens (tertiary/aromatic N) is 3. The Bertz CT molecular complexity index is 980. The van der Waals surface area contributed by atoms with E-state index in [1.54, 1.807) is 0 Å². The molecule has 0 bridgehead atoms. The van der Waals surface area contributed by atoms with Crippen LogP contribution in [0.3, 0.4) is 0 Å². The quantitative estimate of drug-likeness (QED) is 0.551. The normalized spacial score (nSPS) is 11.7. The number of aromatic hydroxyl groups is 1. The third-order valence-corrected chi connectivity index (χ3v) is 4.20. The lowest BCUT2D eigenvalue weighted by Crippen LogP contribution is -2.23. The summed E-state index contributed by atoms with van der Waals surface area (Å²) in [6.07, 6.45) is 3.51. The molecule has 136 valence electrons. The van der Waals surface area contributed by atoms with E-state index in [0.29, 0.717) is 0 Å². The van der Waals surface area contributed by atoms with E-state index in [-0.39, 0.29) is 34.5 Å². The molecule has 0 aliphatic carbocycles. The van der Waals surface area contributed by atoms with Crippen LogP contribution in [0.25, 0.3) is 5.69 Å². The topological polar surface area (TPSA) is 60.1 Å². The van der Waals surface area contributed by atoms with Gasteiger partial charge in [-0.3, -0.25) is 9.55 Å². The van der Waals surface area contributed by atoms with Crippen molar-refractivity contribution < 1.29 is 22.7 Å². The number of benzene rings is 1. The van der Waals surface area contributed by atoms with Gasteiger partial charge in [0.05, 0.1) is 24.6 Å². The van der Waals surface area contributed by atoms with Crippen molar-refractivity contribution in [1.82, 2.24) is 14.1 Å². The van der Waals surface area contributed by atoms with Crippen LogP contribution in [0.5, 0.6) is 5.88 Å².